The zero-order valence-electron chi connectivity index (χ0n) is 11.5. The Hall–Kier alpha value is -0.160. The van der Waals surface area contributed by atoms with Gasteiger partial charge in [-0.25, -0.2) is 0 Å². The number of hydrogen-bond donors (Lipinski definition) is 1. The van der Waals surface area contributed by atoms with Crippen LogP contribution in [0.5, 0.6) is 0 Å². The maximum Gasteiger partial charge on any atom is 0.0701 e. The highest BCUT2D eigenvalue weighted by molar-refractivity contribution is 4.47. The van der Waals surface area contributed by atoms with Crippen LogP contribution in [0.4, 0.5) is 0 Å². The minimum atomic E-state index is 0.648. The molecule has 0 aromatic carbocycles. The van der Waals surface area contributed by atoms with Crippen molar-refractivity contribution in [3.05, 3.63) is 0 Å². The molecule has 0 unspecified atom stereocenters. The first-order valence-corrected chi connectivity index (χ1v) is 6.77. The fourth-order valence-corrected chi connectivity index (χ4v) is 1.41. The Morgan fingerprint density at radius 1 is 0.765 bits per heavy atom. The molecular formula is C13H29NO3. The average Bonchev–Trinajstić information content (AvgIpc) is 2.35. The summed E-state index contributed by atoms with van der Waals surface area (Å²) in [6.45, 7) is 7.66. The zero-order valence-corrected chi connectivity index (χ0v) is 11.5. The highest BCUT2D eigenvalue weighted by atomic mass is 16.5. The fourth-order valence-electron chi connectivity index (χ4n) is 1.41. The van der Waals surface area contributed by atoms with E-state index >= 15 is 0 Å². The molecule has 0 radical (unpaired) electrons. The van der Waals surface area contributed by atoms with Gasteiger partial charge in [0.25, 0.3) is 0 Å². The quantitative estimate of drug-likeness (QED) is 0.475. The Bertz CT molecular complexity index is 120. The van der Waals surface area contributed by atoms with Crippen molar-refractivity contribution >= 4 is 0 Å². The molecule has 1 N–H and O–H groups in total. The van der Waals surface area contributed by atoms with Crippen LogP contribution in [0.2, 0.25) is 0 Å². The van der Waals surface area contributed by atoms with E-state index in [1.165, 1.54) is 25.7 Å². The van der Waals surface area contributed by atoms with Crippen LogP contribution in [0, 0.1) is 0 Å². The first-order valence-electron chi connectivity index (χ1n) is 6.77. The van der Waals surface area contributed by atoms with Gasteiger partial charge in [0, 0.05) is 13.7 Å². The van der Waals surface area contributed by atoms with Gasteiger partial charge in [-0.05, 0) is 13.0 Å². The summed E-state index contributed by atoms with van der Waals surface area (Å²) in [4.78, 5) is 0. The van der Waals surface area contributed by atoms with Crippen molar-refractivity contribution in [2.24, 2.45) is 0 Å². The van der Waals surface area contributed by atoms with Gasteiger partial charge in [-0.2, -0.15) is 0 Å². The largest absolute Gasteiger partial charge is 0.382 e. The van der Waals surface area contributed by atoms with E-state index in [1.807, 2.05) is 0 Å². The minimum absolute atomic E-state index is 0.648. The highest BCUT2D eigenvalue weighted by Gasteiger charge is 1.91. The normalized spacial score (nSPS) is 10.9. The van der Waals surface area contributed by atoms with Crippen molar-refractivity contribution in [3.8, 4) is 0 Å². The molecular weight excluding hydrogens is 218 g/mol. The van der Waals surface area contributed by atoms with E-state index in [9.17, 15) is 0 Å². The van der Waals surface area contributed by atoms with Gasteiger partial charge < -0.3 is 19.5 Å². The van der Waals surface area contributed by atoms with Gasteiger partial charge in [0.2, 0.25) is 0 Å². The summed E-state index contributed by atoms with van der Waals surface area (Å²) in [7, 11) is 1.67. The molecule has 0 saturated heterocycles. The smallest absolute Gasteiger partial charge is 0.0701 e. The summed E-state index contributed by atoms with van der Waals surface area (Å²) in [6.07, 6.45) is 5.24. The molecule has 0 amide bonds. The summed E-state index contributed by atoms with van der Waals surface area (Å²) in [5.74, 6) is 0. The molecule has 0 aliphatic rings. The molecule has 0 aromatic heterocycles. The van der Waals surface area contributed by atoms with Gasteiger partial charge in [-0.3, -0.25) is 0 Å². The standard InChI is InChI=1S/C13H29NO3/c1-3-4-5-6-7-14-8-9-16-12-13-17-11-10-15-2/h14H,3-13H2,1-2H3. The van der Waals surface area contributed by atoms with Crippen LogP contribution in [0.15, 0.2) is 0 Å². The SMILES string of the molecule is CCCCCCNCCOCCOCCOC. The molecule has 0 aliphatic carbocycles. The van der Waals surface area contributed by atoms with E-state index in [1.54, 1.807) is 7.11 Å². The second-order valence-corrected chi connectivity index (χ2v) is 4.03. The molecule has 0 rings (SSSR count). The minimum Gasteiger partial charge on any atom is -0.382 e. The Labute approximate surface area is 106 Å². The second-order valence-electron chi connectivity index (χ2n) is 4.03. The molecule has 0 heterocycles. The van der Waals surface area contributed by atoms with Gasteiger partial charge in [0.1, 0.15) is 0 Å². The van der Waals surface area contributed by atoms with Gasteiger partial charge in [-0.15, -0.1) is 0 Å². The molecule has 0 aromatic rings. The third-order valence-corrected chi connectivity index (χ3v) is 2.43. The van der Waals surface area contributed by atoms with Crippen LogP contribution in [0.1, 0.15) is 32.6 Å². The van der Waals surface area contributed by atoms with Crippen LogP contribution >= 0.6 is 0 Å². The molecule has 4 heteroatoms. The second kappa shape index (κ2) is 15.8. The molecule has 0 aliphatic heterocycles. The number of methoxy groups -OCH3 is 1. The lowest BCUT2D eigenvalue weighted by molar-refractivity contribution is 0.0256. The summed E-state index contributed by atoms with van der Waals surface area (Å²) in [5.41, 5.74) is 0. The maximum atomic E-state index is 5.41. The van der Waals surface area contributed by atoms with Crippen LogP contribution in [-0.2, 0) is 14.2 Å². The van der Waals surface area contributed by atoms with Crippen molar-refractivity contribution in [3.63, 3.8) is 0 Å². The molecule has 4 nitrogen and oxygen atoms in total. The average molecular weight is 247 g/mol. The van der Waals surface area contributed by atoms with E-state index in [0.717, 1.165) is 19.7 Å². The van der Waals surface area contributed by atoms with E-state index in [2.05, 4.69) is 12.2 Å². The number of rotatable bonds is 14. The first-order chi connectivity index (χ1) is 8.41. The first kappa shape index (κ1) is 16.8. The summed E-state index contributed by atoms with van der Waals surface area (Å²) in [6, 6.07) is 0. The van der Waals surface area contributed by atoms with Gasteiger partial charge >= 0.3 is 0 Å². The van der Waals surface area contributed by atoms with Gasteiger partial charge in [-0.1, -0.05) is 26.2 Å². The predicted molar refractivity (Wildman–Crippen MR) is 70.5 cm³/mol. The Morgan fingerprint density at radius 2 is 1.47 bits per heavy atom. The highest BCUT2D eigenvalue weighted by Crippen LogP contribution is 1.96. The monoisotopic (exact) mass is 247 g/mol. The van der Waals surface area contributed by atoms with E-state index in [0.29, 0.717) is 26.4 Å². The van der Waals surface area contributed by atoms with Crippen LogP contribution in [-0.4, -0.2) is 53.2 Å². The predicted octanol–water partition coefficient (Wildman–Crippen LogP) is 1.84. The number of ether oxygens (including phenoxy) is 3. The number of nitrogens with one attached hydrogen (secondary N) is 1. The molecule has 0 saturated carbocycles. The van der Waals surface area contributed by atoms with E-state index in [4.69, 9.17) is 14.2 Å². The Morgan fingerprint density at radius 3 is 2.18 bits per heavy atom. The Balaban J connectivity index is 2.85. The van der Waals surface area contributed by atoms with Crippen molar-refractivity contribution in [2.45, 2.75) is 32.6 Å². The van der Waals surface area contributed by atoms with Crippen molar-refractivity contribution in [1.82, 2.24) is 5.32 Å². The fraction of sp³-hybridized carbons (Fsp3) is 1.00. The van der Waals surface area contributed by atoms with E-state index < -0.39 is 0 Å². The lowest BCUT2D eigenvalue weighted by Gasteiger charge is -2.06. The van der Waals surface area contributed by atoms with Crippen LogP contribution in [0.3, 0.4) is 0 Å². The van der Waals surface area contributed by atoms with Gasteiger partial charge in [0.05, 0.1) is 33.0 Å². The molecule has 0 spiro atoms. The van der Waals surface area contributed by atoms with Crippen molar-refractivity contribution in [1.29, 1.82) is 0 Å². The Kier molecular flexibility index (Phi) is 15.7. The van der Waals surface area contributed by atoms with Crippen LogP contribution in [0.25, 0.3) is 0 Å². The third kappa shape index (κ3) is 15.8. The van der Waals surface area contributed by atoms with Crippen LogP contribution < -0.4 is 5.32 Å². The summed E-state index contributed by atoms with van der Waals surface area (Å²) in [5, 5.41) is 3.37. The summed E-state index contributed by atoms with van der Waals surface area (Å²) < 4.78 is 15.6. The van der Waals surface area contributed by atoms with Crippen molar-refractivity contribution in [2.75, 3.05) is 53.2 Å². The van der Waals surface area contributed by atoms with E-state index in [-0.39, 0.29) is 0 Å². The molecule has 0 atom stereocenters. The lowest BCUT2D eigenvalue weighted by Crippen LogP contribution is -2.21. The summed E-state index contributed by atoms with van der Waals surface area (Å²) >= 11 is 0. The van der Waals surface area contributed by atoms with Crippen molar-refractivity contribution < 1.29 is 14.2 Å². The molecule has 104 valence electrons. The zero-order chi connectivity index (χ0) is 12.6. The number of unbranched alkanes of at least 4 members (excludes halogenated alkanes) is 3. The molecule has 17 heavy (non-hydrogen) atoms. The van der Waals surface area contributed by atoms with Gasteiger partial charge in [0.15, 0.2) is 0 Å². The topological polar surface area (TPSA) is 39.7 Å². The molecule has 0 fully saturated rings. The number of hydrogen-bond acceptors (Lipinski definition) is 4. The molecule has 0 bridgehead atoms. The third-order valence-electron chi connectivity index (χ3n) is 2.43. The maximum absolute atomic E-state index is 5.41. The lowest BCUT2D eigenvalue weighted by atomic mass is 10.2.